The van der Waals surface area contributed by atoms with Crippen molar-refractivity contribution in [2.75, 3.05) is 6.54 Å². The van der Waals surface area contributed by atoms with Crippen LogP contribution in [0, 0.1) is 17.1 Å². The smallest absolute Gasteiger partial charge is 0.123 e. The molecule has 2 rings (SSSR count). The highest BCUT2D eigenvalue weighted by Gasteiger charge is 2.11. The van der Waals surface area contributed by atoms with Gasteiger partial charge in [-0.25, -0.2) is 4.39 Å². The molecule has 0 saturated heterocycles. The van der Waals surface area contributed by atoms with Crippen LogP contribution in [0.4, 0.5) is 4.39 Å². The first-order valence-electron chi connectivity index (χ1n) is 6.77. The van der Waals surface area contributed by atoms with E-state index in [2.05, 4.69) is 5.32 Å². The van der Waals surface area contributed by atoms with Crippen LogP contribution in [0.5, 0.6) is 0 Å². The zero-order valence-electron chi connectivity index (χ0n) is 11.8. The van der Waals surface area contributed by atoms with Crippen LogP contribution in [0.3, 0.4) is 0 Å². The highest BCUT2D eigenvalue weighted by Crippen LogP contribution is 2.17. The zero-order chi connectivity index (χ0) is 15.2. The molecule has 0 aromatic heterocycles. The van der Waals surface area contributed by atoms with Gasteiger partial charge in [0.1, 0.15) is 5.82 Å². The van der Waals surface area contributed by atoms with Crippen molar-refractivity contribution >= 4 is 0 Å². The van der Waals surface area contributed by atoms with Crippen molar-refractivity contribution in [1.29, 1.82) is 5.26 Å². The van der Waals surface area contributed by atoms with Crippen LogP contribution in [0.25, 0.3) is 0 Å². The molecule has 0 radical (unpaired) electrons. The summed E-state index contributed by atoms with van der Waals surface area (Å²) < 4.78 is 13.2. The molecule has 0 aliphatic heterocycles. The monoisotopic (exact) mass is 284 g/mol. The number of hydrogen-bond acceptors (Lipinski definition) is 3. The van der Waals surface area contributed by atoms with Gasteiger partial charge >= 0.3 is 0 Å². The Hall–Kier alpha value is -2.22. The van der Waals surface area contributed by atoms with Crippen molar-refractivity contribution in [3.8, 4) is 6.07 Å². The molecule has 1 unspecified atom stereocenters. The summed E-state index contributed by atoms with van der Waals surface area (Å²) in [6, 6.07) is 15.2. The summed E-state index contributed by atoms with van der Waals surface area (Å²) in [5, 5.41) is 22.0. The summed E-state index contributed by atoms with van der Waals surface area (Å²) in [4.78, 5) is 0. The van der Waals surface area contributed by atoms with Crippen molar-refractivity contribution in [2.24, 2.45) is 0 Å². The Labute approximate surface area is 123 Å². The van der Waals surface area contributed by atoms with E-state index in [-0.39, 0.29) is 11.9 Å². The maximum Gasteiger partial charge on any atom is 0.123 e. The van der Waals surface area contributed by atoms with E-state index < -0.39 is 6.10 Å². The summed E-state index contributed by atoms with van der Waals surface area (Å²) >= 11 is 0. The zero-order valence-corrected chi connectivity index (χ0v) is 11.8. The number of aliphatic hydroxyl groups excluding tert-OH is 1. The predicted molar refractivity (Wildman–Crippen MR) is 78.9 cm³/mol. The number of rotatable bonds is 5. The maximum absolute atomic E-state index is 13.2. The van der Waals surface area contributed by atoms with Crippen LogP contribution >= 0.6 is 0 Å². The average Bonchev–Trinajstić information content (AvgIpc) is 2.52. The second kappa shape index (κ2) is 6.98. The summed E-state index contributed by atoms with van der Waals surface area (Å²) in [6.45, 7) is 2.27. The normalized spacial score (nSPS) is 13.4. The molecule has 108 valence electrons. The number of benzene rings is 2. The Bertz CT molecular complexity index is 634. The molecule has 2 aromatic carbocycles. The number of nitrogens with one attached hydrogen (secondary N) is 1. The van der Waals surface area contributed by atoms with Crippen LogP contribution in [0.15, 0.2) is 48.5 Å². The van der Waals surface area contributed by atoms with Gasteiger partial charge in [-0.2, -0.15) is 5.26 Å². The lowest BCUT2D eigenvalue weighted by atomic mass is 10.1. The molecular formula is C17H17FN2O. The van der Waals surface area contributed by atoms with Gasteiger partial charge in [-0.3, -0.25) is 0 Å². The largest absolute Gasteiger partial charge is 0.387 e. The van der Waals surface area contributed by atoms with Gasteiger partial charge in [0.15, 0.2) is 0 Å². The van der Waals surface area contributed by atoms with E-state index in [0.29, 0.717) is 12.1 Å². The van der Waals surface area contributed by atoms with Crippen LogP contribution in [0.1, 0.15) is 35.8 Å². The third-order valence-corrected chi connectivity index (χ3v) is 3.39. The van der Waals surface area contributed by atoms with Gasteiger partial charge in [0.25, 0.3) is 0 Å². The molecule has 0 fully saturated rings. The summed E-state index contributed by atoms with van der Waals surface area (Å²) in [7, 11) is 0. The molecule has 2 aromatic rings. The lowest BCUT2D eigenvalue weighted by Crippen LogP contribution is -2.24. The Morgan fingerprint density at radius 1 is 1.19 bits per heavy atom. The quantitative estimate of drug-likeness (QED) is 0.887. The minimum Gasteiger partial charge on any atom is -0.387 e. The molecule has 0 heterocycles. The van der Waals surface area contributed by atoms with Gasteiger partial charge in [0, 0.05) is 12.6 Å². The van der Waals surface area contributed by atoms with E-state index in [9.17, 15) is 9.50 Å². The fraction of sp³-hybridized carbons (Fsp3) is 0.235. The van der Waals surface area contributed by atoms with Crippen molar-refractivity contribution in [3.63, 3.8) is 0 Å². The van der Waals surface area contributed by atoms with E-state index in [0.717, 1.165) is 11.1 Å². The molecule has 2 atom stereocenters. The number of aliphatic hydroxyl groups is 1. The second-order valence-corrected chi connectivity index (χ2v) is 4.93. The van der Waals surface area contributed by atoms with Gasteiger partial charge in [-0.1, -0.05) is 24.3 Å². The molecule has 2 N–H and O–H groups in total. The molecule has 0 spiro atoms. The predicted octanol–water partition coefficient (Wildman–Crippen LogP) is 3.08. The van der Waals surface area contributed by atoms with Crippen molar-refractivity contribution in [2.45, 2.75) is 19.1 Å². The first-order valence-corrected chi connectivity index (χ1v) is 6.77. The van der Waals surface area contributed by atoms with Gasteiger partial charge < -0.3 is 10.4 Å². The van der Waals surface area contributed by atoms with Crippen LogP contribution in [-0.2, 0) is 0 Å². The fourth-order valence-corrected chi connectivity index (χ4v) is 2.08. The van der Waals surface area contributed by atoms with Crippen LogP contribution in [0.2, 0.25) is 0 Å². The van der Waals surface area contributed by atoms with Crippen molar-refractivity contribution in [3.05, 3.63) is 71.0 Å². The average molecular weight is 284 g/mol. The van der Waals surface area contributed by atoms with Gasteiger partial charge in [0.2, 0.25) is 0 Å². The fourth-order valence-electron chi connectivity index (χ4n) is 2.08. The number of hydrogen-bond donors (Lipinski definition) is 2. The molecule has 3 nitrogen and oxygen atoms in total. The summed E-state index contributed by atoms with van der Waals surface area (Å²) in [6.07, 6.45) is -0.672. The third-order valence-electron chi connectivity index (χ3n) is 3.39. The van der Waals surface area contributed by atoms with Crippen LogP contribution < -0.4 is 5.32 Å². The van der Waals surface area contributed by atoms with E-state index in [1.54, 1.807) is 30.3 Å². The van der Waals surface area contributed by atoms with Gasteiger partial charge in [-0.05, 0) is 42.3 Å². The molecule has 0 aliphatic rings. The van der Waals surface area contributed by atoms with E-state index in [4.69, 9.17) is 5.26 Å². The topological polar surface area (TPSA) is 56.0 Å². The highest BCUT2D eigenvalue weighted by molar-refractivity contribution is 5.32. The lowest BCUT2D eigenvalue weighted by molar-refractivity contribution is 0.171. The Kier molecular flexibility index (Phi) is 5.04. The number of nitrogens with zero attached hydrogens (tertiary/aromatic N) is 1. The summed E-state index contributed by atoms with van der Waals surface area (Å²) in [5.41, 5.74) is 2.14. The molecular weight excluding hydrogens is 267 g/mol. The molecule has 0 aliphatic carbocycles. The number of halogens is 1. The Morgan fingerprint density at radius 2 is 1.90 bits per heavy atom. The van der Waals surface area contributed by atoms with E-state index in [1.807, 2.05) is 19.1 Å². The lowest BCUT2D eigenvalue weighted by Gasteiger charge is -2.18. The minimum atomic E-state index is -0.672. The first kappa shape index (κ1) is 15.2. The summed E-state index contributed by atoms with van der Waals surface area (Å²) in [5.74, 6) is -0.270. The van der Waals surface area contributed by atoms with Gasteiger partial charge in [0.05, 0.1) is 17.7 Å². The van der Waals surface area contributed by atoms with Crippen LogP contribution in [-0.4, -0.2) is 11.7 Å². The molecule has 0 amide bonds. The molecule has 21 heavy (non-hydrogen) atoms. The van der Waals surface area contributed by atoms with E-state index in [1.165, 1.54) is 12.1 Å². The Balaban J connectivity index is 1.94. The highest BCUT2D eigenvalue weighted by atomic mass is 19.1. The van der Waals surface area contributed by atoms with Crippen molar-refractivity contribution < 1.29 is 9.50 Å². The molecule has 4 heteroatoms. The minimum absolute atomic E-state index is 0.0614. The first-order chi connectivity index (χ1) is 10.1. The standard InChI is InChI=1S/C17H17FN2O/c1-12(15-3-2-4-16(18)9-15)20-11-17(21)14-7-5-13(10-19)6-8-14/h2-9,12,17,20-21H,11H2,1H3/t12-,17?/m1/s1. The third kappa shape index (κ3) is 4.12. The van der Waals surface area contributed by atoms with Gasteiger partial charge in [-0.15, -0.1) is 0 Å². The molecule has 0 bridgehead atoms. The number of nitriles is 1. The Morgan fingerprint density at radius 3 is 2.52 bits per heavy atom. The maximum atomic E-state index is 13.2. The second-order valence-electron chi connectivity index (χ2n) is 4.93. The van der Waals surface area contributed by atoms with Crippen molar-refractivity contribution in [1.82, 2.24) is 5.32 Å². The SMILES string of the molecule is C[C@@H](NCC(O)c1ccc(C#N)cc1)c1cccc(F)c1. The van der Waals surface area contributed by atoms with E-state index >= 15 is 0 Å². The molecule has 0 saturated carbocycles.